The smallest absolute Gasteiger partial charge is 0.405 e. The molecule has 0 aliphatic carbocycles. The number of ether oxygens (including phenoxy) is 1. The molecule has 80 valence electrons. The molecule has 4 nitrogen and oxygen atoms in total. The van der Waals surface area contributed by atoms with Gasteiger partial charge in [0.05, 0.1) is 0 Å². The van der Waals surface area contributed by atoms with Crippen molar-refractivity contribution in [3.8, 4) is 0 Å². The first kappa shape index (κ1) is 11.2. The Morgan fingerprint density at radius 2 is 1.93 bits per heavy atom. The van der Waals surface area contributed by atoms with Crippen LogP contribution < -0.4 is 5.73 Å². The second-order valence-electron chi connectivity index (χ2n) is 2.92. The minimum Gasteiger partial charge on any atom is -0.435 e. The van der Waals surface area contributed by atoms with Gasteiger partial charge in [-0.3, -0.25) is 4.79 Å². The van der Waals surface area contributed by atoms with Gasteiger partial charge in [-0.15, -0.1) is 0 Å². The number of rotatable bonds is 4. The summed E-state index contributed by atoms with van der Waals surface area (Å²) in [6.45, 7) is 0. The van der Waals surface area contributed by atoms with Gasteiger partial charge in [0.1, 0.15) is 0 Å². The summed E-state index contributed by atoms with van der Waals surface area (Å²) in [7, 11) is 0. The largest absolute Gasteiger partial charge is 0.435 e. The molecule has 1 aromatic rings. The van der Waals surface area contributed by atoms with E-state index in [1.807, 2.05) is 0 Å². The number of nitrogens with two attached hydrogens (primary N) is 1. The van der Waals surface area contributed by atoms with Gasteiger partial charge in [0.2, 0.25) is 0 Å². The second kappa shape index (κ2) is 5.09. The van der Waals surface area contributed by atoms with Crippen molar-refractivity contribution in [1.82, 2.24) is 0 Å². The van der Waals surface area contributed by atoms with E-state index in [0.717, 1.165) is 0 Å². The maximum absolute atomic E-state index is 12.4. The maximum Gasteiger partial charge on any atom is 0.405 e. The van der Waals surface area contributed by atoms with Crippen LogP contribution in [0.3, 0.4) is 0 Å². The van der Waals surface area contributed by atoms with Gasteiger partial charge in [0.25, 0.3) is 0 Å². The van der Waals surface area contributed by atoms with Gasteiger partial charge in [-0.2, -0.15) is 4.39 Å². The first-order valence-electron chi connectivity index (χ1n) is 4.29. The van der Waals surface area contributed by atoms with E-state index in [2.05, 4.69) is 4.74 Å². The Bertz CT molecular complexity index is 353. The summed E-state index contributed by atoms with van der Waals surface area (Å²) in [4.78, 5) is 20.9. The van der Waals surface area contributed by atoms with Crippen molar-refractivity contribution in [2.45, 2.75) is 12.5 Å². The van der Waals surface area contributed by atoms with Crippen LogP contribution in [0.25, 0.3) is 0 Å². The van der Waals surface area contributed by atoms with Crippen molar-refractivity contribution >= 4 is 12.1 Å². The van der Waals surface area contributed by atoms with Crippen molar-refractivity contribution in [3.63, 3.8) is 0 Å². The lowest BCUT2D eigenvalue weighted by molar-refractivity contribution is -0.138. The summed E-state index contributed by atoms with van der Waals surface area (Å²) in [6, 6.07) is 6.93. The standard InChI is InChI=1S/C10H10FNO3/c11-9(13)8(15-10(12)14)6-7-4-2-1-3-5-7/h1-5,8H,6H2,(H2,12,14)/t8-/m0/s1. The fraction of sp³-hybridized carbons (Fsp3) is 0.200. The van der Waals surface area contributed by atoms with Gasteiger partial charge in [0, 0.05) is 6.42 Å². The summed E-state index contributed by atoms with van der Waals surface area (Å²) in [5.74, 6) is 0. The zero-order valence-corrected chi connectivity index (χ0v) is 7.85. The number of benzene rings is 1. The number of hydrogen-bond acceptors (Lipinski definition) is 3. The Morgan fingerprint density at radius 1 is 1.33 bits per heavy atom. The van der Waals surface area contributed by atoms with Crippen molar-refractivity contribution in [1.29, 1.82) is 0 Å². The minimum atomic E-state index is -1.71. The highest BCUT2D eigenvalue weighted by Crippen LogP contribution is 2.07. The Balaban J connectivity index is 2.67. The molecule has 0 radical (unpaired) electrons. The molecule has 2 N–H and O–H groups in total. The molecule has 1 rings (SSSR count). The molecular formula is C10H10FNO3. The van der Waals surface area contributed by atoms with Crippen molar-refractivity contribution in [2.75, 3.05) is 0 Å². The molecular weight excluding hydrogens is 201 g/mol. The number of carbonyl (C=O) groups excluding carboxylic acids is 2. The van der Waals surface area contributed by atoms with Crippen LogP contribution in [-0.4, -0.2) is 18.2 Å². The average Bonchev–Trinajstić information content (AvgIpc) is 2.17. The van der Waals surface area contributed by atoms with E-state index in [1.54, 1.807) is 30.3 Å². The quantitative estimate of drug-likeness (QED) is 0.760. The third-order valence-electron chi connectivity index (χ3n) is 1.78. The molecule has 0 saturated heterocycles. The summed E-state index contributed by atoms with van der Waals surface area (Å²) < 4.78 is 16.8. The third kappa shape index (κ3) is 3.76. The summed E-state index contributed by atoms with van der Waals surface area (Å²) in [5.41, 5.74) is 5.39. The normalized spacial score (nSPS) is 11.8. The lowest BCUT2D eigenvalue weighted by Crippen LogP contribution is -2.29. The van der Waals surface area contributed by atoms with E-state index in [1.165, 1.54) is 0 Å². The summed E-state index contributed by atoms with van der Waals surface area (Å²) in [5, 5.41) is 0. The van der Waals surface area contributed by atoms with E-state index in [-0.39, 0.29) is 6.42 Å². The van der Waals surface area contributed by atoms with E-state index >= 15 is 0 Å². The molecule has 0 bridgehead atoms. The Labute approximate surface area is 85.8 Å². The van der Waals surface area contributed by atoms with Gasteiger partial charge >= 0.3 is 12.1 Å². The van der Waals surface area contributed by atoms with Crippen LogP contribution in [0, 0.1) is 0 Å². The highest BCUT2D eigenvalue weighted by Gasteiger charge is 2.21. The Morgan fingerprint density at radius 3 is 2.40 bits per heavy atom. The monoisotopic (exact) mass is 211 g/mol. The van der Waals surface area contributed by atoms with Gasteiger partial charge in [0.15, 0.2) is 6.10 Å². The molecule has 0 saturated carbocycles. The van der Waals surface area contributed by atoms with Crippen molar-refractivity contribution < 1.29 is 18.7 Å². The molecule has 1 amide bonds. The van der Waals surface area contributed by atoms with Crippen LogP contribution in [0.2, 0.25) is 0 Å². The zero-order chi connectivity index (χ0) is 11.3. The number of carbonyl (C=O) groups is 2. The molecule has 0 aromatic heterocycles. The predicted molar refractivity (Wildman–Crippen MR) is 50.7 cm³/mol. The fourth-order valence-electron chi connectivity index (χ4n) is 1.14. The maximum atomic E-state index is 12.4. The van der Waals surface area contributed by atoms with Crippen LogP contribution in [0.4, 0.5) is 9.18 Å². The average molecular weight is 211 g/mol. The topological polar surface area (TPSA) is 69.4 Å². The number of amides is 1. The van der Waals surface area contributed by atoms with E-state index in [0.29, 0.717) is 5.56 Å². The molecule has 5 heteroatoms. The molecule has 0 fully saturated rings. The third-order valence-corrected chi connectivity index (χ3v) is 1.78. The van der Waals surface area contributed by atoms with Crippen LogP contribution in [0.15, 0.2) is 30.3 Å². The second-order valence-corrected chi connectivity index (χ2v) is 2.92. The molecule has 0 aliphatic rings. The molecule has 0 aliphatic heterocycles. The minimum absolute atomic E-state index is 0.0148. The number of primary amides is 1. The Hall–Kier alpha value is -1.91. The predicted octanol–water partition coefficient (Wildman–Crippen LogP) is 1.19. The molecule has 0 heterocycles. The molecule has 15 heavy (non-hydrogen) atoms. The fourth-order valence-corrected chi connectivity index (χ4v) is 1.14. The highest BCUT2D eigenvalue weighted by atomic mass is 19.1. The van der Waals surface area contributed by atoms with E-state index in [9.17, 15) is 14.0 Å². The number of hydrogen-bond donors (Lipinski definition) is 1. The first-order chi connectivity index (χ1) is 7.09. The molecule has 1 atom stereocenters. The van der Waals surface area contributed by atoms with Crippen molar-refractivity contribution in [2.24, 2.45) is 5.73 Å². The van der Waals surface area contributed by atoms with E-state index in [4.69, 9.17) is 5.73 Å². The first-order valence-corrected chi connectivity index (χ1v) is 4.29. The Kier molecular flexibility index (Phi) is 3.79. The number of halogens is 1. The van der Waals surface area contributed by atoms with E-state index < -0.39 is 18.2 Å². The lowest BCUT2D eigenvalue weighted by atomic mass is 10.1. The zero-order valence-electron chi connectivity index (χ0n) is 7.85. The van der Waals surface area contributed by atoms with Gasteiger partial charge in [-0.05, 0) is 5.56 Å². The van der Waals surface area contributed by atoms with Crippen LogP contribution in [-0.2, 0) is 16.0 Å². The SMILES string of the molecule is NC(=O)O[C@@H](Cc1ccccc1)C(=O)F. The molecule has 0 spiro atoms. The molecule has 1 aromatic carbocycles. The summed E-state index contributed by atoms with van der Waals surface area (Å²) >= 11 is 0. The summed E-state index contributed by atoms with van der Waals surface area (Å²) in [6.07, 6.45) is -2.63. The van der Waals surface area contributed by atoms with Gasteiger partial charge in [-0.25, -0.2) is 4.79 Å². The van der Waals surface area contributed by atoms with Crippen LogP contribution >= 0.6 is 0 Å². The van der Waals surface area contributed by atoms with Gasteiger partial charge in [-0.1, -0.05) is 30.3 Å². The van der Waals surface area contributed by atoms with Crippen LogP contribution in [0.1, 0.15) is 5.56 Å². The van der Waals surface area contributed by atoms with Crippen molar-refractivity contribution in [3.05, 3.63) is 35.9 Å². The highest BCUT2D eigenvalue weighted by molar-refractivity contribution is 5.77. The lowest BCUT2D eigenvalue weighted by Gasteiger charge is -2.10. The molecule has 0 unspecified atom stereocenters. The van der Waals surface area contributed by atoms with Gasteiger partial charge < -0.3 is 10.5 Å². The van der Waals surface area contributed by atoms with Crippen LogP contribution in [0.5, 0.6) is 0 Å².